The monoisotopic (exact) mass is 439 g/mol. The number of rotatable bonds is 6. The summed E-state index contributed by atoms with van der Waals surface area (Å²) in [6.45, 7) is 1.57. The summed E-state index contributed by atoms with van der Waals surface area (Å²) in [6.07, 6.45) is 2.78. The Kier molecular flexibility index (Phi) is 6.30. The summed E-state index contributed by atoms with van der Waals surface area (Å²) in [7, 11) is 0. The van der Waals surface area contributed by atoms with Gasteiger partial charge >= 0.3 is 17.5 Å². The first-order valence-electron chi connectivity index (χ1n) is 8.77. The van der Waals surface area contributed by atoms with E-state index in [0.717, 1.165) is 4.90 Å². The molecule has 0 saturated carbocycles. The average Bonchev–Trinajstić information content (AvgIpc) is 2.95. The van der Waals surface area contributed by atoms with Crippen LogP contribution in [-0.4, -0.2) is 46.5 Å². The molecule has 1 saturated heterocycles. The largest absolute Gasteiger partial charge is 0.462 e. The van der Waals surface area contributed by atoms with Gasteiger partial charge in [-0.15, -0.1) is 0 Å². The van der Waals surface area contributed by atoms with Gasteiger partial charge in [0.05, 0.1) is 17.9 Å². The van der Waals surface area contributed by atoms with Crippen molar-refractivity contribution in [1.29, 1.82) is 0 Å². The number of halogens is 3. The van der Waals surface area contributed by atoms with Gasteiger partial charge in [-0.05, 0) is 54.6 Å². The number of esters is 1. The molecule has 0 unspecified atom stereocenters. The molecule has 0 radical (unpaired) electrons. The standard InChI is InChI=1S/C19H16F3N3O4S/c1-2-29-17(27)15-9-23-8-7-12(15)10-24-11-16(26)25(18(24)28)13-3-5-14(6-4-13)30-19(20,21)22/h3-9H,2,10-11H2,1H3. The highest BCUT2D eigenvalue weighted by atomic mass is 32.2. The van der Waals surface area contributed by atoms with Crippen LogP contribution >= 0.6 is 11.8 Å². The molecule has 11 heteroatoms. The molecule has 1 aromatic heterocycles. The Morgan fingerprint density at radius 1 is 1.20 bits per heavy atom. The molecule has 2 heterocycles. The Labute approximate surface area is 173 Å². The molecular weight excluding hydrogens is 423 g/mol. The number of carbonyl (C=O) groups excluding carboxylic acids is 3. The van der Waals surface area contributed by atoms with Gasteiger partial charge in [-0.1, -0.05) is 0 Å². The van der Waals surface area contributed by atoms with Gasteiger partial charge in [0.15, 0.2) is 0 Å². The fourth-order valence-corrected chi connectivity index (χ4v) is 3.42. The first-order valence-corrected chi connectivity index (χ1v) is 9.59. The number of urea groups is 1. The van der Waals surface area contributed by atoms with Crippen LogP contribution < -0.4 is 4.90 Å². The molecule has 1 aliphatic heterocycles. The van der Waals surface area contributed by atoms with E-state index in [1.165, 1.54) is 41.6 Å². The summed E-state index contributed by atoms with van der Waals surface area (Å²) in [5.41, 5.74) is -3.62. The maximum absolute atomic E-state index is 12.8. The Balaban J connectivity index is 1.77. The van der Waals surface area contributed by atoms with Gasteiger partial charge in [-0.2, -0.15) is 13.2 Å². The number of aromatic nitrogens is 1. The lowest BCUT2D eigenvalue weighted by atomic mass is 10.1. The Morgan fingerprint density at radius 2 is 1.90 bits per heavy atom. The summed E-state index contributed by atoms with van der Waals surface area (Å²) in [5, 5.41) is 0. The highest BCUT2D eigenvalue weighted by Crippen LogP contribution is 2.37. The van der Waals surface area contributed by atoms with Crippen LogP contribution in [0.1, 0.15) is 22.8 Å². The van der Waals surface area contributed by atoms with E-state index in [9.17, 15) is 27.6 Å². The second kappa shape index (κ2) is 8.74. The highest BCUT2D eigenvalue weighted by Gasteiger charge is 2.38. The fourth-order valence-electron chi connectivity index (χ4n) is 2.88. The predicted octanol–water partition coefficient (Wildman–Crippen LogP) is 3.84. The number of hydrogen-bond donors (Lipinski definition) is 0. The van der Waals surface area contributed by atoms with Gasteiger partial charge in [0.2, 0.25) is 0 Å². The maximum Gasteiger partial charge on any atom is 0.446 e. The van der Waals surface area contributed by atoms with E-state index in [-0.39, 0.29) is 47.6 Å². The lowest BCUT2D eigenvalue weighted by Crippen LogP contribution is -2.33. The lowest BCUT2D eigenvalue weighted by Gasteiger charge is -2.18. The number of nitrogens with zero attached hydrogens (tertiary/aromatic N) is 3. The van der Waals surface area contributed by atoms with Crippen LogP contribution in [0.3, 0.4) is 0 Å². The second-order valence-corrected chi connectivity index (χ2v) is 7.30. The van der Waals surface area contributed by atoms with E-state index in [4.69, 9.17) is 4.74 Å². The number of imide groups is 1. The first kappa shape index (κ1) is 21.6. The summed E-state index contributed by atoms with van der Waals surface area (Å²) in [4.78, 5) is 43.2. The molecule has 0 aliphatic carbocycles. The molecule has 3 rings (SSSR count). The number of thioether (sulfide) groups is 1. The number of alkyl halides is 3. The minimum Gasteiger partial charge on any atom is -0.462 e. The van der Waals surface area contributed by atoms with Crippen molar-refractivity contribution < 1.29 is 32.3 Å². The van der Waals surface area contributed by atoms with E-state index in [1.807, 2.05) is 0 Å². The van der Waals surface area contributed by atoms with Crippen LogP contribution in [0.2, 0.25) is 0 Å². The van der Waals surface area contributed by atoms with Crippen molar-refractivity contribution in [3.05, 3.63) is 53.9 Å². The minimum atomic E-state index is -4.43. The molecule has 0 spiro atoms. The molecule has 1 fully saturated rings. The molecule has 2 aromatic rings. The van der Waals surface area contributed by atoms with Crippen LogP contribution in [0.4, 0.5) is 23.7 Å². The molecule has 1 aromatic carbocycles. The van der Waals surface area contributed by atoms with Gasteiger partial charge in [-0.25, -0.2) is 14.5 Å². The van der Waals surface area contributed by atoms with E-state index in [0.29, 0.717) is 5.56 Å². The third-order valence-electron chi connectivity index (χ3n) is 4.13. The van der Waals surface area contributed by atoms with Gasteiger partial charge in [0.1, 0.15) is 6.54 Å². The second-order valence-electron chi connectivity index (χ2n) is 6.16. The quantitative estimate of drug-likeness (QED) is 0.387. The zero-order valence-corrected chi connectivity index (χ0v) is 16.5. The Morgan fingerprint density at radius 3 is 2.53 bits per heavy atom. The Bertz CT molecular complexity index is 966. The van der Waals surface area contributed by atoms with Gasteiger partial charge in [-0.3, -0.25) is 9.78 Å². The molecule has 1 aliphatic rings. The first-order chi connectivity index (χ1) is 14.2. The molecule has 0 atom stereocenters. The van der Waals surface area contributed by atoms with Crippen molar-refractivity contribution in [1.82, 2.24) is 9.88 Å². The number of pyridine rings is 1. The summed E-state index contributed by atoms with van der Waals surface area (Å²) in [5.74, 6) is -1.11. The number of anilines is 1. The highest BCUT2D eigenvalue weighted by molar-refractivity contribution is 8.00. The minimum absolute atomic E-state index is 0.0280. The predicted molar refractivity (Wildman–Crippen MR) is 102 cm³/mol. The van der Waals surface area contributed by atoms with Crippen molar-refractivity contribution in [2.24, 2.45) is 0 Å². The summed E-state index contributed by atoms with van der Waals surface area (Å²) in [6, 6.07) is 5.86. The zero-order valence-electron chi connectivity index (χ0n) is 15.7. The number of benzene rings is 1. The molecule has 158 valence electrons. The molecule has 30 heavy (non-hydrogen) atoms. The number of carbonyl (C=O) groups is 3. The third kappa shape index (κ3) is 4.90. The van der Waals surface area contributed by atoms with Crippen LogP contribution in [0.5, 0.6) is 0 Å². The number of hydrogen-bond acceptors (Lipinski definition) is 6. The normalized spacial score (nSPS) is 14.4. The van der Waals surface area contributed by atoms with Crippen molar-refractivity contribution >= 4 is 35.4 Å². The smallest absolute Gasteiger partial charge is 0.446 e. The third-order valence-corrected chi connectivity index (χ3v) is 4.87. The molecule has 0 N–H and O–H groups in total. The zero-order chi connectivity index (χ0) is 21.9. The Hall–Kier alpha value is -3.08. The van der Waals surface area contributed by atoms with E-state index < -0.39 is 23.4 Å². The van der Waals surface area contributed by atoms with Gasteiger partial charge < -0.3 is 9.64 Å². The van der Waals surface area contributed by atoms with Crippen LogP contribution in [0.25, 0.3) is 0 Å². The molecular formula is C19H16F3N3O4S. The van der Waals surface area contributed by atoms with Crippen molar-refractivity contribution in [3.8, 4) is 0 Å². The van der Waals surface area contributed by atoms with E-state index in [1.54, 1.807) is 13.0 Å². The van der Waals surface area contributed by atoms with Crippen molar-refractivity contribution in [3.63, 3.8) is 0 Å². The van der Waals surface area contributed by atoms with E-state index >= 15 is 0 Å². The van der Waals surface area contributed by atoms with Crippen LogP contribution in [0, 0.1) is 0 Å². The molecule has 7 nitrogen and oxygen atoms in total. The van der Waals surface area contributed by atoms with Crippen molar-refractivity contribution in [2.45, 2.75) is 23.9 Å². The number of amides is 3. The SMILES string of the molecule is CCOC(=O)c1cnccc1CN1CC(=O)N(c2ccc(SC(F)(F)F)cc2)C1=O. The molecule has 0 bridgehead atoms. The topological polar surface area (TPSA) is 79.8 Å². The van der Waals surface area contributed by atoms with Crippen molar-refractivity contribution in [2.75, 3.05) is 18.1 Å². The van der Waals surface area contributed by atoms with E-state index in [2.05, 4.69) is 4.98 Å². The fraction of sp³-hybridized carbons (Fsp3) is 0.263. The number of ether oxygens (including phenoxy) is 1. The maximum atomic E-state index is 12.8. The average molecular weight is 439 g/mol. The van der Waals surface area contributed by atoms with Gasteiger partial charge in [0.25, 0.3) is 5.91 Å². The van der Waals surface area contributed by atoms with Crippen LogP contribution in [-0.2, 0) is 16.1 Å². The molecule has 3 amide bonds. The summed E-state index contributed by atoms with van der Waals surface area (Å²) < 4.78 is 42.4. The lowest BCUT2D eigenvalue weighted by molar-refractivity contribution is -0.116. The van der Waals surface area contributed by atoms with Crippen LogP contribution in [0.15, 0.2) is 47.6 Å². The van der Waals surface area contributed by atoms with Gasteiger partial charge in [0, 0.05) is 23.8 Å². The summed E-state index contributed by atoms with van der Waals surface area (Å²) >= 11 is -0.284.